The van der Waals surface area contributed by atoms with Crippen LogP contribution in [-0.4, -0.2) is 59.5 Å². The molecule has 2 aliphatic heterocycles. The van der Waals surface area contributed by atoms with E-state index in [1.807, 2.05) is 0 Å². The number of ether oxygens (including phenoxy) is 1. The standard InChI is InChI=1S/C20H22FN5O4S2/c21-13-3-5-14(6-4-13)26-10-12(8-17(26)28)18(29)23-19-24-25-20(32-19)31-11-16(27)22-9-15-2-1-7-30-15/h3-6,12,15H,1-2,7-11H2,(H,22,27)(H,23,24,29)/t12-,15-/m0/s1. The highest BCUT2D eigenvalue weighted by atomic mass is 32.2. The highest BCUT2D eigenvalue weighted by Crippen LogP contribution is 2.28. The van der Waals surface area contributed by atoms with Crippen LogP contribution in [0.4, 0.5) is 15.2 Å². The number of hydrogen-bond acceptors (Lipinski definition) is 8. The molecular weight excluding hydrogens is 457 g/mol. The van der Waals surface area contributed by atoms with Gasteiger partial charge in [0.05, 0.1) is 17.8 Å². The van der Waals surface area contributed by atoms with E-state index in [1.54, 1.807) is 0 Å². The lowest BCUT2D eigenvalue weighted by molar-refractivity contribution is -0.122. The molecule has 0 aliphatic carbocycles. The van der Waals surface area contributed by atoms with Gasteiger partial charge in [-0.15, -0.1) is 10.2 Å². The molecule has 2 aromatic rings. The molecule has 2 fully saturated rings. The summed E-state index contributed by atoms with van der Waals surface area (Å²) < 4.78 is 19.1. The lowest BCUT2D eigenvalue weighted by atomic mass is 10.1. The molecule has 9 nitrogen and oxygen atoms in total. The molecule has 2 atom stereocenters. The maximum atomic E-state index is 13.1. The van der Waals surface area contributed by atoms with E-state index in [1.165, 1.54) is 52.3 Å². The molecule has 170 valence electrons. The molecule has 0 radical (unpaired) electrons. The van der Waals surface area contributed by atoms with E-state index in [2.05, 4.69) is 20.8 Å². The number of rotatable bonds is 8. The van der Waals surface area contributed by atoms with Gasteiger partial charge in [0.25, 0.3) is 0 Å². The highest BCUT2D eigenvalue weighted by molar-refractivity contribution is 8.01. The van der Waals surface area contributed by atoms with Crippen LogP contribution in [0.1, 0.15) is 19.3 Å². The second-order valence-corrected chi connectivity index (χ2v) is 9.67. The largest absolute Gasteiger partial charge is 0.376 e. The third-order valence-corrected chi connectivity index (χ3v) is 7.12. The Bertz CT molecular complexity index is 981. The highest BCUT2D eigenvalue weighted by Gasteiger charge is 2.35. The van der Waals surface area contributed by atoms with Crippen molar-refractivity contribution < 1.29 is 23.5 Å². The van der Waals surface area contributed by atoms with Crippen molar-refractivity contribution in [1.29, 1.82) is 0 Å². The van der Waals surface area contributed by atoms with Gasteiger partial charge < -0.3 is 20.3 Å². The molecule has 3 heterocycles. The predicted octanol–water partition coefficient (Wildman–Crippen LogP) is 2.06. The van der Waals surface area contributed by atoms with Gasteiger partial charge in [-0.1, -0.05) is 23.1 Å². The van der Waals surface area contributed by atoms with Crippen LogP contribution >= 0.6 is 23.1 Å². The van der Waals surface area contributed by atoms with Gasteiger partial charge in [0.2, 0.25) is 22.9 Å². The number of halogens is 1. The number of nitrogens with zero attached hydrogens (tertiary/aromatic N) is 3. The van der Waals surface area contributed by atoms with Gasteiger partial charge in [-0.3, -0.25) is 14.4 Å². The fourth-order valence-corrected chi connectivity index (χ4v) is 5.08. The van der Waals surface area contributed by atoms with Crippen LogP contribution in [-0.2, 0) is 19.1 Å². The second kappa shape index (κ2) is 10.4. The van der Waals surface area contributed by atoms with Crippen LogP contribution in [0, 0.1) is 11.7 Å². The molecule has 0 unspecified atom stereocenters. The van der Waals surface area contributed by atoms with E-state index in [0.29, 0.717) is 21.7 Å². The number of anilines is 2. The number of hydrogen-bond donors (Lipinski definition) is 2. The van der Waals surface area contributed by atoms with Gasteiger partial charge in [-0.25, -0.2) is 4.39 Å². The Morgan fingerprint density at radius 2 is 2.09 bits per heavy atom. The predicted molar refractivity (Wildman–Crippen MR) is 118 cm³/mol. The summed E-state index contributed by atoms with van der Waals surface area (Å²) in [4.78, 5) is 38.3. The Morgan fingerprint density at radius 1 is 1.28 bits per heavy atom. The monoisotopic (exact) mass is 479 g/mol. The van der Waals surface area contributed by atoms with Crippen LogP contribution in [0.5, 0.6) is 0 Å². The fraction of sp³-hybridized carbons (Fsp3) is 0.450. The first-order valence-electron chi connectivity index (χ1n) is 10.2. The van der Waals surface area contributed by atoms with Crippen molar-refractivity contribution in [3.8, 4) is 0 Å². The summed E-state index contributed by atoms with van der Waals surface area (Å²) in [6.45, 7) is 1.46. The summed E-state index contributed by atoms with van der Waals surface area (Å²) in [5.41, 5.74) is 0.555. The number of amides is 3. The summed E-state index contributed by atoms with van der Waals surface area (Å²) in [7, 11) is 0. The average molecular weight is 480 g/mol. The van der Waals surface area contributed by atoms with E-state index >= 15 is 0 Å². The molecule has 1 aromatic carbocycles. The first kappa shape index (κ1) is 22.6. The van der Waals surface area contributed by atoms with Crippen LogP contribution < -0.4 is 15.5 Å². The normalized spacial score (nSPS) is 20.5. The second-order valence-electron chi connectivity index (χ2n) is 7.47. The van der Waals surface area contributed by atoms with E-state index in [9.17, 15) is 18.8 Å². The topological polar surface area (TPSA) is 114 Å². The van der Waals surface area contributed by atoms with Crippen molar-refractivity contribution in [1.82, 2.24) is 15.5 Å². The molecule has 2 N–H and O–H groups in total. The summed E-state index contributed by atoms with van der Waals surface area (Å²) in [6.07, 6.45) is 2.14. The van der Waals surface area contributed by atoms with Crippen LogP contribution in [0.25, 0.3) is 0 Å². The molecule has 12 heteroatoms. The van der Waals surface area contributed by atoms with Crippen molar-refractivity contribution in [2.45, 2.75) is 29.7 Å². The zero-order valence-corrected chi connectivity index (χ0v) is 18.7. The zero-order valence-electron chi connectivity index (χ0n) is 17.1. The van der Waals surface area contributed by atoms with Gasteiger partial charge in [-0.2, -0.15) is 0 Å². The Morgan fingerprint density at radius 3 is 2.84 bits per heavy atom. The van der Waals surface area contributed by atoms with Crippen LogP contribution in [0.3, 0.4) is 0 Å². The lowest BCUT2D eigenvalue weighted by Gasteiger charge is -2.16. The molecule has 3 amide bonds. The number of benzene rings is 1. The summed E-state index contributed by atoms with van der Waals surface area (Å²) in [5, 5.41) is 13.8. The SMILES string of the molecule is O=C(CSc1nnc(NC(=O)[C@H]2CC(=O)N(c3ccc(F)cc3)C2)s1)NC[C@@H]1CCCO1. The van der Waals surface area contributed by atoms with Crippen molar-refractivity contribution in [2.75, 3.05) is 35.7 Å². The minimum atomic E-state index is -0.545. The first-order chi connectivity index (χ1) is 15.5. The Hall–Kier alpha value is -2.57. The summed E-state index contributed by atoms with van der Waals surface area (Å²) >= 11 is 2.41. The van der Waals surface area contributed by atoms with Crippen molar-refractivity contribution in [3.05, 3.63) is 30.1 Å². The van der Waals surface area contributed by atoms with Gasteiger partial charge in [0, 0.05) is 31.8 Å². The number of thioether (sulfide) groups is 1. The molecule has 2 aliphatic rings. The van der Waals surface area contributed by atoms with Crippen molar-refractivity contribution in [3.63, 3.8) is 0 Å². The Labute approximate surface area is 192 Å². The third kappa shape index (κ3) is 5.81. The van der Waals surface area contributed by atoms with Gasteiger partial charge in [0.1, 0.15) is 5.82 Å². The molecule has 4 rings (SSSR count). The maximum Gasteiger partial charge on any atom is 0.231 e. The molecule has 0 saturated carbocycles. The minimum Gasteiger partial charge on any atom is -0.376 e. The first-order valence-corrected chi connectivity index (χ1v) is 12.0. The van der Waals surface area contributed by atoms with E-state index in [-0.39, 0.29) is 48.4 Å². The molecular formula is C20H22FN5O4S2. The maximum absolute atomic E-state index is 13.1. The van der Waals surface area contributed by atoms with E-state index in [4.69, 9.17) is 4.74 Å². The molecule has 2 saturated heterocycles. The zero-order chi connectivity index (χ0) is 22.5. The Kier molecular flexibility index (Phi) is 7.33. The van der Waals surface area contributed by atoms with Crippen molar-refractivity contribution >= 4 is 51.6 Å². The third-order valence-electron chi connectivity index (χ3n) is 5.15. The smallest absolute Gasteiger partial charge is 0.231 e. The molecule has 1 aromatic heterocycles. The van der Waals surface area contributed by atoms with E-state index in [0.717, 1.165) is 19.4 Å². The molecule has 0 spiro atoms. The van der Waals surface area contributed by atoms with Gasteiger partial charge in [0.15, 0.2) is 4.34 Å². The van der Waals surface area contributed by atoms with Gasteiger partial charge in [-0.05, 0) is 37.1 Å². The van der Waals surface area contributed by atoms with Crippen LogP contribution in [0.15, 0.2) is 28.6 Å². The number of nitrogens with one attached hydrogen (secondary N) is 2. The Balaban J connectivity index is 1.23. The quantitative estimate of drug-likeness (QED) is 0.440. The van der Waals surface area contributed by atoms with Gasteiger partial charge >= 0.3 is 0 Å². The lowest BCUT2D eigenvalue weighted by Crippen LogP contribution is -2.32. The average Bonchev–Trinajstić information content (AvgIpc) is 3.53. The molecule has 32 heavy (non-hydrogen) atoms. The summed E-state index contributed by atoms with van der Waals surface area (Å²) in [6, 6.07) is 5.58. The molecule has 0 bridgehead atoms. The number of carbonyl (C=O) groups excluding carboxylic acids is 3. The van der Waals surface area contributed by atoms with Crippen molar-refractivity contribution in [2.24, 2.45) is 5.92 Å². The number of aromatic nitrogens is 2. The number of carbonyl (C=O) groups is 3. The summed E-state index contributed by atoms with van der Waals surface area (Å²) in [5.74, 6) is -1.38. The van der Waals surface area contributed by atoms with E-state index < -0.39 is 5.92 Å². The van der Waals surface area contributed by atoms with Crippen LogP contribution in [0.2, 0.25) is 0 Å². The minimum absolute atomic E-state index is 0.0640. The fourth-order valence-electron chi connectivity index (χ4n) is 3.49.